The molecule has 1 rings (SSSR count). The van der Waals surface area contributed by atoms with Crippen LogP contribution in [-0.4, -0.2) is 24.5 Å². The summed E-state index contributed by atoms with van der Waals surface area (Å²) in [5, 5.41) is 6.62. The molecule has 2 unspecified atom stereocenters. The van der Waals surface area contributed by atoms with Crippen LogP contribution >= 0.6 is 0 Å². The Labute approximate surface area is 95.2 Å². The maximum absolute atomic E-state index is 11.6. The number of nitrogens with zero attached hydrogens (tertiary/aromatic N) is 3. The van der Waals surface area contributed by atoms with E-state index in [0.29, 0.717) is 13.1 Å². The van der Waals surface area contributed by atoms with Crippen molar-refractivity contribution in [3.05, 3.63) is 10.4 Å². The minimum atomic E-state index is -0.608. The van der Waals surface area contributed by atoms with Crippen molar-refractivity contribution in [1.29, 1.82) is 0 Å². The molecule has 6 heteroatoms. The number of hydrogen-bond acceptors (Lipinski definition) is 3. The third-order valence-electron chi connectivity index (χ3n) is 3.45. The quantitative estimate of drug-likeness (QED) is 0.319. The molecule has 1 aliphatic carbocycles. The zero-order valence-corrected chi connectivity index (χ0v) is 9.65. The fourth-order valence-corrected chi connectivity index (χ4v) is 2.44. The van der Waals surface area contributed by atoms with Crippen molar-refractivity contribution in [3.63, 3.8) is 0 Å². The van der Waals surface area contributed by atoms with E-state index in [-0.39, 0.29) is 11.8 Å². The molecular weight excluding hydrogens is 206 g/mol. The van der Waals surface area contributed by atoms with Gasteiger partial charge in [-0.3, -0.25) is 4.79 Å². The summed E-state index contributed by atoms with van der Waals surface area (Å²) in [6, 6.07) is 0. The molecule has 3 N–H and O–H groups in total. The standard InChI is InChI=1S/C10H19N5O/c1-8-4-2-3-5-10(8,9(11)16)13-6-7-14-15-12/h8,13H,2-7H2,1H3,(H2,11,16). The average molecular weight is 225 g/mol. The molecule has 16 heavy (non-hydrogen) atoms. The van der Waals surface area contributed by atoms with Crippen molar-refractivity contribution < 1.29 is 4.79 Å². The van der Waals surface area contributed by atoms with Crippen molar-refractivity contribution >= 4 is 5.91 Å². The van der Waals surface area contributed by atoms with E-state index in [1.165, 1.54) is 0 Å². The van der Waals surface area contributed by atoms with Gasteiger partial charge in [0.25, 0.3) is 0 Å². The van der Waals surface area contributed by atoms with Crippen molar-refractivity contribution in [2.24, 2.45) is 16.8 Å². The van der Waals surface area contributed by atoms with E-state index in [0.717, 1.165) is 25.7 Å². The highest BCUT2D eigenvalue weighted by Gasteiger charge is 2.42. The van der Waals surface area contributed by atoms with Crippen LogP contribution in [0, 0.1) is 5.92 Å². The van der Waals surface area contributed by atoms with Crippen LogP contribution in [0.5, 0.6) is 0 Å². The minimum absolute atomic E-state index is 0.241. The van der Waals surface area contributed by atoms with Gasteiger partial charge in [-0.25, -0.2) is 0 Å². The van der Waals surface area contributed by atoms with Crippen LogP contribution < -0.4 is 11.1 Å². The van der Waals surface area contributed by atoms with E-state index >= 15 is 0 Å². The molecule has 2 atom stereocenters. The first-order chi connectivity index (χ1) is 7.63. The molecule has 1 amide bonds. The van der Waals surface area contributed by atoms with E-state index in [9.17, 15) is 4.79 Å². The second-order valence-electron chi connectivity index (χ2n) is 4.36. The van der Waals surface area contributed by atoms with Gasteiger partial charge < -0.3 is 11.1 Å². The van der Waals surface area contributed by atoms with Crippen molar-refractivity contribution in [2.75, 3.05) is 13.1 Å². The number of rotatable bonds is 5. The molecule has 0 aromatic heterocycles. The van der Waals surface area contributed by atoms with Gasteiger partial charge in [-0.2, -0.15) is 0 Å². The second kappa shape index (κ2) is 5.72. The van der Waals surface area contributed by atoms with Crippen LogP contribution in [0.25, 0.3) is 10.4 Å². The molecule has 0 saturated heterocycles. The molecule has 0 aromatic carbocycles. The van der Waals surface area contributed by atoms with E-state index in [4.69, 9.17) is 11.3 Å². The van der Waals surface area contributed by atoms with Gasteiger partial charge in [-0.15, -0.1) is 0 Å². The molecular formula is C10H19N5O. The average Bonchev–Trinajstić information content (AvgIpc) is 2.26. The summed E-state index contributed by atoms with van der Waals surface area (Å²) in [6.07, 6.45) is 3.95. The van der Waals surface area contributed by atoms with E-state index in [2.05, 4.69) is 15.3 Å². The predicted octanol–water partition coefficient (Wildman–Crippen LogP) is 1.32. The van der Waals surface area contributed by atoms with Crippen LogP contribution in [0.3, 0.4) is 0 Å². The number of primary amides is 1. The summed E-state index contributed by atoms with van der Waals surface area (Å²) in [6.45, 7) is 2.89. The van der Waals surface area contributed by atoms with Crippen molar-refractivity contribution in [1.82, 2.24) is 5.32 Å². The number of carbonyl (C=O) groups excluding carboxylic acids is 1. The Morgan fingerprint density at radius 1 is 1.69 bits per heavy atom. The van der Waals surface area contributed by atoms with E-state index in [1.807, 2.05) is 6.92 Å². The summed E-state index contributed by atoms with van der Waals surface area (Å²) >= 11 is 0. The Morgan fingerprint density at radius 2 is 2.44 bits per heavy atom. The SMILES string of the molecule is CC1CCCCC1(NCCN=[N+]=[N-])C(N)=O. The minimum Gasteiger partial charge on any atom is -0.368 e. The van der Waals surface area contributed by atoms with E-state index in [1.54, 1.807) is 0 Å². The summed E-state index contributed by atoms with van der Waals surface area (Å²) in [5.74, 6) is -0.0505. The lowest BCUT2D eigenvalue weighted by molar-refractivity contribution is -0.127. The van der Waals surface area contributed by atoms with Crippen molar-refractivity contribution in [2.45, 2.75) is 38.1 Å². The number of azide groups is 1. The van der Waals surface area contributed by atoms with Gasteiger partial charge in [-0.05, 0) is 24.3 Å². The number of hydrogen-bond donors (Lipinski definition) is 2. The van der Waals surface area contributed by atoms with Crippen LogP contribution in [-0.2, 0) is 4.79 Å². The lowest BCUT2D eigenvalue weighted by atomic mass is 9.73. The smallest absolute Gasteiger partial charge is 0.238 e. The molecule has 0 aliphatic heterocycles. The zero-order chi connectivity index (χ0) is 12.0. The van der Waals surface area contributed by atoms with Crippen LogP contribution in [0.2, 0.25) is 0 Å². The number of nitrogens with one attached hydrogen (secondary N) is 1. The molecule has 1 saturated carbocycles. The Balaban J connectivity index is 2.64. The zero-order valence-electron chi connectivity index (χ0n) is 9.65. The highest BCUT2D eigenvalue weighted by molar-refractivity contribution is 5.85. The van der Waals surface area contributed by atoms with Gasteiger partial charge in [0, 0.05) is 18.0 Å². The number of carbonyl (C=O) groups is 1. The topological polar surface area (TPSA) is 104 Å². The number of nitrogens with two attached hydrogens (primary N) is 1. The monoisotopic (exact) mass is 225 g/mol. The molecule has 90 valence electrons. The molecule has 6 nitrogen and oxygen atoms in total. The first kappa shape index (κ1) is 12.8. The first-order valence-corrected chi connectivity index (χ1v) is 5.69. The van der Waals surface area contributed by atoms with Gasteiger partial charge in [-0.1, -0.05) is 24.9 Å². The molecule has 1 fully saturated rings. The Hall–Kier alpha value is -1.26. The van der Waals surface area contributed by atoms with Gasteiger partial charge in [0.1, 0.15) is 5.54 Å². The maximum Gasteiger partial charge on any atom is 0.238 e. The normalized spacial score (nSPS) is 29.4. The third-order valence-corrected chi connectivity index (χ3v) is 3.45. The summed E-state index contributed by atoms with van der Waals surface area (Å²) in [7, 11) is 0. The lowest BCUT2D eigenvalue weighted by Crippen LogP contribution is -2.61. The Kier molecular flexibility index (Phi) is 4.58. The number of amides is 1. The lowest BCUT2D eigenvalue weighted by Gasteiger charge is -2.40. The van der Waals surface area contributed by atoms with Gasteiger partial charge in [0.05, 0.1) is 0 Å². The molecule has 1 aliphatic rings. The van der Waals surface area contributed by atoms with E-state index < -0.39 is 5.54 Å². The molecule has 0 bridgehead atoms. The van der Waals surface area contributed by atoms with Crippen LogP contribution in [0.4, 0.5) is 0 Å². The molecule has 0 spiro atoms. The highest BCUT2D eigenvalue weighted by Crippen LogP contribution is 2.33. The largest absolute Gasteiger partial charge is 0.368 e. The molecule has 0 radical (unpaired) electrons. The van der Waals surface area contributed by atoms with Crippen LogP contribution in [0.15, 0.2) is 5.11 Å². The van der Waals surface area contributed by atoms with Crippen LogP contribution in [0.1, 0.15) is 32.6 Å². The first-order valence-electron chi connectivity index (χ1n) is 5.69. The van der Waals surface area contributed by atoms with Gasteiger partial charge >= 0.3 is 0 Å². The van der Waals surface area contributed by atoms with Crippen molar-refractivity contribution in [3.8, 4) is 0 Å². The van der Waals surface area contributed by atoms with Gasteiger partial charge in [0.15, 0.2) is 0 Å². The van der Waals surface area contributed by atoms with Gasteiger partial charge in [0.2, 0.25) is 5.91 Å². The molecule has 0 aromatic rings. The maximum atomic E-state index is 11.6. The molecule has 0 heterocycles. The summed E-state index contributed by atoms with van der Waals surface area (Å²) in [5.41, 5.74) is 13.1. The Bertz CT molecular complexity index is 300. The fourth-order valence-electron chi connectivity index (χ4n) is 2.44. The highest BCUT2D eigenvalue weighted by atomic mass is 16.1. The fraction of sp³-hybridized carbons (Fsp3) is 0.900. The summed E-state index contributed by atoms with van der Waals surface area (Å²) in [4.78, 5) is 14.3. The Morgan fingerprint density at radius 3 is 3.00 bits per heavy atom. The second-order valence-corrected chi connectivity index (χ2v) is 4.36. The summed E-state index contributed by atoms with van der Waals surface area (Å²) < 4.78 is 0. The predicted molar refractivity (Wildman–Crippen MR) is 61.6 cm³/mol. The third kappa shape index (κ3) is 2.65.